The van der Waals surface area contributed by atoms with Crippen molar-refractivity contribution in [2.75, 3.05) is 31.9 Å². The minimum absolute atomic E-state index is 0. The molecule has 2 N–H and O–H groups in total. The van der Waals surface area contributed by atoms with Gasteiger partial charge in [0.25, 0.3) is 0 Å². The van der Waals surface area contributed by atoms with Crippen molar-refractivity contribution >= 4 is 41.7 Å². The van der Waals surface area contributed by atoms with E-state index >= 15 is 0 Å². The molecule has 1 aromatic rings. The second kappa shape index (κ2) is 11.2. The van der Waals surface area contributed by atoms with E-state index in [0.717, 1.165) is 43.2 Å². The summed E-state index contributed by atoms with van der Waals surface area (Å²) >= 11 is 1.82. The van der Waals surface area contributed by atoms with Gasteiger partial charge in [0.1, 0.15) is 11.9 Å². The van der Waals surface area contributed by atoms with E-state index in [-0.39, 0.29) is 47.3 Å². The molecule has 8 heteroatoms. The van der Waals surface area contributed by atoms with Crippen LogP contribution in [0.25, 0.3) is 0 Å². The van der Waals surface area contributed by atoms with Gasteiger partial charge in [-0.3, -0.25) is 4.99 Å². The van der Waals surface area contributed by atoms with Crippen molar-refractivity contribution in [1.29, 1.82) is 0 Å². The Morgan fingerprint density at radius 1 is 1.34 bits per heavy atom. The van der Waals surface area contributed by atoms with E-state index in [9.17, 15) is 9.50 Å². The Morgan fingerprint density at radius 2 is 2.07 bits per heavy atom. The van der Waals surface area contributed by atoms with Crippen LogP contribution in [0, 0.1) is 5.82 Å². The maximum atomic E-state index is 13.3. The number of benzene rings is 1. The van der Waals surface area contributed by atoms with Crippen molar-refractivity contribution in [2.24, 2.45) is 4.99 Å². The largest absolute Gasteiger partial charge is 0.387 e. The summed E-state index contributed by atoms with van der Waals surface area (Å²) in [5.74, 6) is 1.58. The second-order valence-electron chi connectivity index (χ2n) is 7.65. The molecule has 5 nitrogen and oxygen atoms in total. The van der Waals surface area contributed by atoms with Gasteiger partial charge in [0.05, 0.1) is 24.8 Å². The number of hydrogen-bond donors (Lipinski definition) is 2. The normalized spacial score (nSPS) is 29.8. The minimum atomic E-state index is -0.699. The number of ether oxygens (including phenoxy) is 1. The maximum absolute atomic E-state index is 13.3. The fourth-order valence-corrected chi connectivity index (χ4v) is 5.03. The van der Waals surface area contributed by atoms with Crippen LogP contribution in [0.2, 0.25) is 0 Å². The minimum Gasteiger partial charge on any atom is -0.387 e. The van der Waals surface area contributed by atoms with E-state index in [1.807, 2.05) is 25.6 Å². The first kappa shape index (κ1) is 24.7. The molecule has 0 spiro atoms. The average Bonchev–Trinajstić information content (AvgIpc) is 2.68. The molecule has 0 amide bonds. The Balaban J connectivity index is 0.00000300. The number of guanidine groups is 1. The smallest absolute Gasteiger partial charge is 0.194 e. The number of rotatable bonds is 6. The lowest BCUT2D eigenvalue weighted by Crippen LogP contribution is -2.54. The van der Waals surface area contributed by atoms with Gasteiger partial charge in [-0.1, -0.05) is 19.1 Å². The zero-order valence-corrected chi connectivity index (χ0v) is 20.6. The number of halogens is 2. The van der Waals surface area contributed by atoms with Crippen LogP contribution in [0.5, 0.6) is 0 Å². The monoisotopic (exact) mass is 537 g/mol. The molecule has 0 radical (unpaired) electrons. The Morgan fingerprint density at radius 3 is 2.66 bits per heavy atom. The number of nitrogens with zero attached hydrogens (tertiary/aromatic N) is 2. The predicted octanol–water partition coefficient (Wildman–Crippen LogP) is 3.82. The van der Waals surface area contributed by atoms with Gasteiger partial charge in [-0.05, 0) is 50.1 Å². The van der Waals surface area contributed by atoms with Crippen LogP contribution in [-0.2, 0) is 4.74 Å². The summed E-state index contributed by atoms with van der Waals surface area (Å²) in [7, 11) is 0. The Bertz CT molecular complexity index is 678. The van der Waals surface area contributed by atoms with Crippen LogP contribution in [0.3, 0.4) is 0 Å². The Kier molecular flexibility index (Phi) is 9.50. The number of morpholine rings is 1. The van der Waals surface area contributed by atoms with Gasteiger partial charge in [0, 0.05) is 18.3 Å². The third-order valence-electron chi connectivity index (χ3n) is 5.45. The highest BCUT2D eigenvalue weighted by molar-refractivity contribution is 14.0. The zero-order valence-electron chi connectivity index (χ0n) is 17.4. The van der Waals surface area contributed by atoms with E-state index in [2.05, 4.69) is 17.1 Å². The molecule has 1 saturated heterocycles. The van der Waals surface area contributed by atoms with Crippen molar-refractivity contribution in [2.45, 2.75) is 56.7 Å². The van der Waals surface area contributed by atoms with Crippen LogP contribution < -0.4 is 5.32 Å². The van der Waals surface area contributed by atoms with Crippen molar-refractivity contribution in [1.82, 2.24) is 10.2 Å². The summed E-state index contributed by atoms with van der Waals surface area (Å²) < 4.78 is 19.4. The molecule has 164 valence electrons. The van der Waals surface area contributed by atoms with Gasteiger partial charge in [-0.2, -0.15) is 11.8 Å². The van der Waals surface area contributed by atoms with Gasteiger partial charge in [0.2, 0.25) is 0 Å². The number of aliphatic imine (C=N–C) groups is 1. The molecule has 0 aromatic heterocycles. The van der Waals surface area contributed by atoms with Crippen molar-refractivity contribution in [3.8, 4) is 0 Å². The van der Waals surface area contributed by atoms with Gasteiger partial charge < -0.3 is 20.1 Å². The summed E-state index contributed by atoms with van der Waals surface area (Å²) in [4.78, 5) is 6.98. The number of hydrogen-bond acceptors (Lipinski definition) is 4. The molecular formula is C21H33FIN3O2S. The topological polar surface area (TPSA) is 57.1 Å². The lowest BCUT2D eigenvalue weighted by Gasteiger charge is -2.44. The maximum Gasteiger partial charge on any atom is 0.194 e. The standard InChI is InChI=1S/C21H32FN3O2S.HI/c1-4-23-20(24-14-21(26)11-10-19(21)28-5-2)25-12-15(3)27-18(13-25)16-6-8-17(22)9-7-16;/h6-9,15,18-19,26H,4-5,10-14H2,1-3H3,(H,23,24);1H. The molecule has 4 unspecified atom stereocenters. The van der Waals surface area contributed by atoms with Crippen LogP contribution in [0.1, 0.15) is 45.3 Å². The molecule has 3 rings (SSSR count). The van der Waals surface area contributed by atoms with Crippen LogP contribution in [0.4, 0.5) is 4.39 Å². The van der Waals surface area contributed by atoms with E-state index in [4.69, 9.17) is 9.73 Å². The molecule has 1 aliphatic carbocycles. The Labute approximate surface area is 194 Å². The lowest BCUT2D eigenvalue weighted by molar-refractivity contribution is -0.0608. The molecule has 1 aliphatic heterocycles. The molecule has 2 aliphatic rings. The number of thioether (sulfide) groups is 1. The fourth-order valence-electron chi connectivity index (χ4n) is 3.84. The summed E-state index contributed by atoms with van der Waals surface area (Å²) in [6.07, 6.45) is 1.76. The van der Waals surface area contributed by atoms with Crippen LogP contribution >= 0.6 is 35.7 Å². The quantitative estimate of drug-likeness (QED) is 0.329. The van der Waals surface area contributed by atoms with E-state index in [0.29, 0.717) is 13.1 Å². The third-order valence-corrected chi connectivity index (χ3v) is 6.86. The lowest BCUT2D eigenvalue weighted by atomic mass is 9.79. The summed E-state index contributed by atoms with van der Waals surface area (Å²) in [5, 5.41) is 14.5. The van der Waals surface area contributed by atoms with Crippen LogP contribution in [-0.4, -0.2) is 64.9 Å². The molecule has 1 saturated carbocycles. The molecule has 2 fully saturated rings. The molecule has 1 aromatic carbocycles. The summed E-state index contributed by atoms with van der Waals surface area (Å²) in [5.41, 5.74) is 0.265. The van der Waals surface area contributed by atoms with Gasteiger partial charge >= 0.3 is 0 Å². The zero-order chi connectivity index (χ0) is 20.1. The first-order valence-corrected chi connectivity index (χ1v) is 11.3. The average molecular weight is 537 g/mol. The van der Waals surface area contributed by atoms with Crippen molar-refractivity contribution in [3.05, 3.63) is 35.6 Å². The van der Waals surface area contributed by atoms with E-state index in [1.165, 1.54) is 12.1 Å². The molecular weight excluding hydrogens is 504 g/mol. The SMILES string of the molecule is CCNC(=NCC1(O)CCC1SCC)N1CC(C)OC(c2ccc(F)cc2)C1.I. The molecule has 0 bridgehead atoms. The van der Waals surface area contributed by atoms with Crippen LogP contribution in [0.15, 0.2) is 29.3 Å². The predicted molar refractivity (Wildman–Crippen MR) is 129 cm³/mol. The molecule has 4 atom stereocenters. The highest BCUT2D eigenvalue weighted by Crippen LogP contribution is 2.41. The highest BCUT2D eigenvalue weighted by Gasteiger charge is 2.45. The van der Waals surface area contributed by atoms with E-state index in [1.54, 1.807) is 12.1 Å². The second-order valence-corrected chi connectivity index (χ2v) is 9.13. The third kappa shape index (κ3) is 6.21. The first-order chi connectivity index (χ1) is 13.4. The van der Waals surface area contributed by atoms with Crippen molar-refractivity contribution in [3.63, 3.8) is 0 Å². The first-order valence-electron chi connectivity index (χ1n) is 10.2. The van der Waals surface area contributed by atoms with Gasteiger partial charge in [0.15, 0.2) is 5.96 Å². The number of nitrogens with one attached hydrogen (secondary N) is 1. The number of aliphatic hydroxyl groups is 1. The molecule has 29 heavy (non-hydrogen) atoms. The van der Waals surface area contributed by atoms with Gasteiger partial charge in [-0.25, -0.2) is 4.39 Å². The summed E-state index contributed by atoms with van der Waals surface area (Å²) in [6, 6.07) is 6.51. The van der Waals surface area contributed by atoms with E-state index < -0.39 is 5.60 Å². The van der Waals surface area contributed by atoms with Crippen molar-refractivity contribution < 1.29 is 14.2 Å². The summed E-state index contributed by atoms with van der Waals surface area (Å²) in [6.45, 7) is 8.77. The Hall–Kier alpha value is -0.580. The molecule has 1 heterocycles. The highest BCUT2D eigenvalue weighted by atomic mass is 127. The fraction of sp³-hybridized carbons (Fsp3) is 0.667. The van der Waals surface area contributed by atoms with Gasteiger partial charge in [-0.15, -0.1) is 24.0 Å².